The van der Waals surface area contributed by atoms with Crippen LogP contribution in [0.3, 0.4) is 0 Å². The van der Waals surface area contributed by atoms with E-state index >= 15 is 0 Å². The summed E-state index contributed by atoms with van der Waals surface area (Å²) in [5.41, 5.74) is 6.76. The lowest BCUT2D eigenvalue weighted by atomic mass is 9.78. The zero-order valence-corrected chi connectivity index (χ0v) is 11.8. The summed E-state index contributed by atoms with van der Waals surface area (Å²) in [6.45, 7) is 0.562. The summed E-state index contributed by atoms with van der Waals surface area (Å²) in [4.78, 5) is 0. The van der Waals surface area contributed by atoms with Crippen molar-refractivity contribution in [3.05, 3.63) is 29.6 Å². The number of ether oxygens (including phenoxy) is 1. The summed E-state index contributed by atoms with van der Waals surface area (Å²) in [5, 5.41) is 0. The molecular formula is C13H19BrFNO. The first-order valence-corrected chi connectivity index (χ1v) is 5.76. The molecule has 0 bridgehead atoms. The molecule has 2 rings (SSSR count). The van der Waals surface area contributed by atoms with Crippen LogP contribution in [0.25, 0.3) is 0 Å². The topological polar surface area (TPSA) is 35.2 Å². The second-order valence-corrected chi connectivity index (χ2v) is 4.51. The first-order chi connectivity index (χ1) is 7.73. The van der Waals surface area contributed by atoms with E-state index in [9.17, 15) is 4.39 Å². The number of rotatable bonds is 3. The Morgan fingerprint density at radius 3 is 2.53 bits per heavy atom. The number of hydrogen-bond acceptors (Lipinski definition) is 2. The minimum Gasteiger partial charge on any atom is -0.493 e. The van der Waals surface area contributed by atoms with Gasteiger partial charge in [-0.05, 0) is 18.9 Å². The van der Waals surface area contributed by atoms with Crippen LogP contribution in [0.1, 0.15) is 31.2 Å². The van der Waals surface area contributed by atoms with Crippen LogP contribution >= 0.6 is 17.0 Å². The first-order valence-electron chi connectivity index (χ1n) is 5.76. The minimum atomic E-state index is -0.292. The fourth-order valence-corrected chi connectivity index (χ4v) is 2.77. The van der Waals surface area contributed by atoms with E-state index in [0.717, 1.165) is 31.2 Å². The highest BCUT2D eigenvalue weighted by atomic mass is 79.9. The van der Waals surface area contributed by atoms with Crippen molar-refractivity contribution < 1.29 is 9.13 Å². The van der Waals surface area contributed by atoms with Crippen molar-refractivity contribution in [3.63, 3.8) is 0 Å². The van der Waals surface area contributed by atoms with Crippen LogP contribution in [0.5, 0.6) is 5.75 Å². The Morgan fingerprint density at radius 2 is 2.00 bits per heavy atom. The number of nitrogens with two attached hydrogens (primary N) is 1. The quantitative estimate of drug-likeness (QED) is 0.931. The molecule has 2 N–H and O–H groups in total. The average Bonchev–Trinajstić information content (AvgIpc) is 2.78. The van der Waals surface area contributed by atoms with Gasteiger partial charge in [-0.2, -0.15) is 0 Å². The van der Waals surface area contributed by atoms with E-state index in [2.05, 4.69) is 0 Å². The Kier molecular flexibility index (Phi) is 4.95. The van der Waals surface area contributed by atoms with Crippen molar-refractivity contribution in [2.24, 2.45) is 5.73 Å². The molecule has 1 saturated carbocycles. The summed E-state index contributed by atoms with van der Waals surface area (Å²) in [6, 6.07) is 5.12. The second-order valence-electron chi connectivity index (χ2n) is 4.51. The molecule has 0 radical (unpaired) electrons. The molecule has 2 nitrogen and oxygen atoms in total. The van der Waals surface area contributed by atoms with Crippen molar-refractivity contribution in [2.75, 3.05) is 13.7 Å². The highest BCUT2D eigenvalue weighted by Gasteiger charge is 2.37. The SMILES string of the molecule is Br.COc1c(F)cccc1C1(CN)CCCC1. The summed E-state index contributed by atoms with van der Waals surface area (Å²) in [7, 11) is 1.51. The molecule has 1 fully saturated rings. The van der Waals surface area contributed by atoms with Crippen molar-refractivity contribution in [3.8, 4) is 5.75 Å². The second kappa shape index (κ2) is 5.83. The monoisotopic (exact) mass is 303 g/mol. The third-order valence-electron chi connectivity index (χ3n) is 3.69. The molecule has 0 aliphatic heterocycles. The molecular weight excluding hydrogens is 285 g/mol. The first kappa shape index (κ1) is 14.5. The van der Waals surface area contributed by atoms with Crippen molar-refractivity contribution in [2.45, 2.75) is 31.1 Å². The Hall–Kier alpha value is -0.610. The van der Waals surface area contributed by atoms with Crippen LogP contribution < -0.4 is 10.5 Å². The largest absolute Gasteiger partial charge is 0.493 e. The van der Waals surface area contributed by atoms with Gasteiger partial charge in [0.15, 0.2) is 11.6 Å². The number of benzene rings is 1. The molecule has 96 valence electrons. The van der Waals surface area contributed by atoms with Gasteiger partial charge in [-0.1, -0.05) is 25.0 Å². The summed E-state index contributed by atoms with van der Waals surface area (Å²) in [6.07, 6.45) is 4.39. The van der Waals surface area contributed by atoms with Gasteiger partial charge in [0, 0.05) is 17.5 Å². The van der Waals surface area contributed by atoms with E-state index in [1.54, 1.807) is 6.07 Å². The van der Waals surface area contributed by atoms with Crippen LogP contribution in [-0.4, -0.2) is 13.7 Å². The standard InChI is InChI=1S/C13H18FNO.BrH/c1-16-12-10(5-4-6-11(12)14)13(9-15)7-2-3-8-13;/h4-6H,2-3,7-9,15H2,1H3;1H. The molecule has 1 aromatic carbocycles. The van der Waals surface area contributed by atoms with E-state index in [0.29, 0.717) is 12.3 Å². The third-order valence-corrected chi connectivity index (χ3v) is 3.69. The van der Waals surface area contributed by atoms with E-state index in [-0.39, 0.29) is 28.2 Å². The van der Waals surface area contributed by atoms with Gasteiger partial charge >= 0.3 is 0 Å². The molecule has 0 atom stereocenters. The maximum atomic E-state index is 13.6. The van der Waals surface area contributed by atoms with Crippen molar-refractivity contribution in [1.29, 1.82) is 0 Å². The van der Waals surface area contributed by atoms with Gasteiger partial charge in [0.05, 0.1) is 7.11 Å². The molecule has 1 aromatic rings. The predicted octanol–water partition coefficient (Wildman–Crippen LogP) is 3.18. The lowest BCUT2D eigenvalue weighted by molar-refractivity contribution is 0.356. The Labute approximate surface area is 112 Å². The van der Waals surface area contributed by atoms with Gasteiger partial charge in [0.2, 0.25) is 0 Å². The fraction of sp³-hybridized carbons (Fsp3) is 0.538. The Morgan fingerprint density at radius 1 is 1.35 bits per heavy atom. The van der Waals surface area contributed by atoms with Crippen LogP contribution in [0.4, 0.5) is 4.39 Å². The van der Waals surface area contributed by atoms with Gasteiger partial charge in [-0.15, -0.1) is 17.0 Å². The highest BCUT2D eigenvalue weighted by molar-refractivity contribution is 8.93. The smallest absolute Gasteiger partial charge is 0.165 e. The highest BCUT2D eigenvalue weighted by Crippen LogP contribution is 2.44. The van der Waals surface area contributed by atoms with Gasteiger partial charge in [0.25, 0.3) is 0 Å². The van der Waals surface area contributed by atoms with E-state index in [1.807, 2.05) is 6.07 Å². The maximum Gasteiger partial charge on any atom is 0.165 e. The molecule has 0 spiro atoms. The fourth-order valence-electron chi connectivity index (χ4n) is 2.77. The van der Waals surface area contributed by atoms with Crippen LogP contribution in [0.2, 0.25) is 0 Å². The molecule has 0 unspecified atom stereocenters. The molecule has 1 aliphatic carbocycles. The zero-order chi connectivity index (χ0) is 11.6. The van der Waals surface area contributed by atoms with Gasteiger partial charge in [-0.25, -0.2) is 4.39 Å². The van der Waals surface area contributed by atoms with Gasteiger partial charge in [-0.3, -0.25) is 0 Å². The maximum absolute atomic E-state index is 13.6. The summed E-state index contributed by atoms with van der Waals surface area (Å²) >= 11 is 0. The van der Waals surface area contributed by atoms with Crippen molar-refractivity contribution in [1.82, 2.24) is 0 Å². The Bertz CT molecular complexity index is 378. The average molecular weight is 304 g/mol. The van der Waals surface area contributed by atoms with Crippen molar-refractivity contribution >= 4 is 17.0 Å². The molecule has 0 saturated heterocycles. The number of para-hydroxylation sites is 1. The summed E-state index contributed by atoms with van der Waals surface area (Å²) < 4.78 is 18.8. The molecule has 0 heterocycles. The van der Waals surface area contributed by atoms with Crippen LogP contribution in [-0.2, 0) is 5.41 Å². The normalized spacial score (nSPS) is 17.6. The lowest BCUT2D eigenvalue weighted by Crippen LogP contribution is -2.32. The van der Waals surface area contributed by atoms with Crippen LogP contribution in [0, 0.1) is 5.82 Å². The molecule has 0 aromatic heterocycles. The molecule has 0 amide bonds. The zero-order valence-electron chi connectivity index (χ0n) is 10.0. The third kappa shape index (κ3) is 2.47. The Balaban J connectivity index is 0.00000144. The number of methoxy groups -OCH3 is 1. The minimum absolute atomic E-state index is 0. The number of hydrogen-bond donors (Lipinski definition) is 1. The van der Waals surface area contributed by atoms with Gasteiger partial charge < -0.3 is 10.5 Å². The molecule has 1 aliphatic rings. The molecule has 17 heavy (non-hydrogen) atoms. The van der Waals surface area contributed by atoms with E-state index in [4.69, 9.17) is 10.5 Å². The van der Waals surface area contributed by atoms with E-state index < -0.39 is 0 Å². The number of halogens is 2. The van der Waals surface area contributed by atoms with Crippen LogP contribution in [0.15, 0.2) is 18.2 Å². The van der Waals surface area contributed by atoms with E-state index in [1.165, 1.54) is 13.2 Å². The predicted molar refractivity (Wildman–Crippen MR) is 72.5 cm³/mol. The lowest BCUT2D eigenvalue weighted by Gasteiger charge is -2.29. The van der Waals surface area contributed by atoms with Gasteiger partial charge in [0.1, 0.15) is 0 Å². The molecule has 4 heteroatoms. The summed E-state index contributed by atoms with van der Waals surface area (Å²) in [5.74, 6) is 0.0783.